The van der Waals surface area contributed by atoms with Gasteiger partial charge in [0, 0.05) is 80.2 Å². The van der Waals surface area contributed by atoms with Crippen molar-refractivity contribution in [2.75, 3.05) is 75.4 Å². The molecule has 0 radical (unpaired) electrons. The van der Waals surface area contributed by atoms with E-state index in [1.54, 1.807) is 29.2 Å². The number of carbonyl (C=O) groups is 1. The molecule has 2 heterocycles. The molecular weight excluding hydrogens is 871 g/mol. The van der Waals surface area contributed by atoms with Gasteiger partial charge >= 0.3 is 5.51 Å². The molecule has 3 aromatic rings. The smallest absolute Gasteiger partial charge is 0.379 e. The lowest BCUT2D eigenvalue weighted by atomic mass is 9.73. The van der Waals surface area contributed by atoms with Crippen molar-refractivity contribution in [1.29, 1.82) is 0 Å². The summed E-state index contributed by atoms with van der Waals surface area (Å²) in [6.07, 6.45) is 4.25. The first-order chi connectivity index (χ1) is 29.5. The van der Waals surface area contributed by atoms with Crippen molar-refractivity contribution in [2.24, 2.45) is 5.41 Å². The molecule has 0 spiro atoms. The molecule has 2 aliphatic heterocycles. The second-order valence-electron chi connectivity index (χ2n) is 18.8. The maximum absolute atomic E-state index is 14.4. The number of carbonyl (C=O) groups excluding carboxylic acids is 1. The summed E-state index contributed by atoms with van der Waals surface area (Å²) in [6, 6.07) is 17.5. The molecule has 1 aliphatic carbocycles. The summed E-state index contributed by atoms with van der Waals surface area (Å²) in [6.45, 7) is 19.4. The Bertz CT molecular complexity index is 2340. The normalized spacial score (nSPS) is 19.7. The van der Waals surface area contributed by atoms with E-state index in [9.17, 15) is 30.6 Å². The van der Waals surface area contributed by atoms with Crippen molar-refractivity contribution in [3.63, 3.8) is 0 Å². The van der Waals surface area contributed by atoms with Crippen LogP contribution in [0.3, 0.4) is 0 Å². The van der Waals surface area contributed by atoms with Gasteiger partial charge in [0.2, 0.25) is 0 Å². The minimum Gasteiger partial charge on any atom is -0.379 e. The van der Waals surface area contributed by atoms with Crippen LogP contribution in [-0.4, -0.2) is 117 Å². The Labute approximate surface area is 377 Å². The molecule has 3 aromatic carbocycles. The molecule has 6 rings (SSSR count). The van der Waals surface area contributed by atoms with Crippen LogP contribution in [-0.2, 0) is 24.3 Å². The van der Waals surface area contributed by atoms with Crippen LogP contribution < -0.4 is 14.5 Å². The summed E-state index contributed by atoms with van der Waals surface area (Å²) in [7, 11) is -9.54. The van der Waals surface area contributed by atoms with E-state index in [0.29, 0.717) is 32.6 Å². The van der Waals surface area contributed by atoms with Crippen LogP contribution in [0.25, 0.3) is 5.57 Å². The zero-order valence-corrected chi connectivity index (χ0v) is 39.8. The standard InChI is InChI=1S/C47H63ClF3N5O5S2/c1-8-38(20-22-53-27-29-61-30-28-53)56(45(2,3)4)42-31-40(17-18-43(42)62(7,58)47(49,50)51)63(59,60)52-44(57)35-11-15-39(16-12-35)55-25-23-54(24-26-55)33-36-32-46(5,6)21-19-41(36)34-9-13-37(48)14-10-34/h9-18,31,38H,7-8,19-30,32-33H2,1-6H3,(H,52,57)/t38-,62?/m0/s1. The number of halogens is 4. The topological polar surface area (TPSA) is 102 Å². The molecule has 0 bridgehead atoms. The Balaban J connectivity index is 1.17. The SMILES string of the molecule is C=S(=O)(c1ccc(S(=O)(=O)NC(=O)c2ccc(N3CCN(CC4=C(c5ccc(Cl)cc5)CCC(C)(C)C4)CC3)cc2)cc1N([C@@H](CC)CCN1CCOCC1)C(C)(C)C)C(F)(F)F. The maximum Gasteiger partial charge on any atom is 0.467 e. The Morgan fingerprint density at radius 2 is 1.56 bits per heavy atom. The van der Waals surface area contributed by atoms with Gasteiger partial charge in [0.15, 0.2) is 0 Å². The molecule has 0 aromatic heterocycles. The number of allylic oxidation sites excluding steroid dienone is 1. The van der Waals surface area contributed by atoms with Crippen LogP contribution in [0.4, 0.5) is 24.5 Å². The molecule has 346 valence electrons. The number of hydrogen-bond acceptors (Lipinski definition) is 9. The minimum atomic E-state index is -5.21. The summed E-state index contributed by atoms with van der Waals surface area (Å²) in [5, 5.41) is 0.727. The van der Waals surface area contributed by atoms with Crippen molar-refractivity contribution in [3.05, 3.63) is 88.5 Å². The van der Waals surface area contributed by atoms with Gasteiger partial charge in [-0.3, -0.25) is 18.8 Å². The second kappa shape index (κ2) is 19.5. The van der Waals surface area contributed by atoms with Gasteiger partial charge in [0.25, 0.3) is 15.9 Å². The van der Waals surface area contributed by atoms with Crippen molar-refractivity contribution >= 4 is 59.9 Å². The number of anilines is 2. The number of sulfonamides is 1. The first-order valence-corrected chi connectivity index (χ1v) is 25.4. The third kappa shape index (κ3) is 11.8. The van der Waals surface area contributed by atoms with Crippen molar-refractivity contribution in [3.8, 4) is 0 Å². The van der Waals surface area contributed by atoms with E-state index in [4.69, 9.17) is 16.3 Å². The van der Waals surface area contributed by atoms with Gasteiger partial charge in [-0.15, -0.1) is 0 Å². The number of nitrogens with zero attached hydrogens (tertiary/aromatic N) is 4. The number of rotatable bonds is 14. The third-order valence-corrected chi connectivity index (χ3v) is 15.9. The summed E-state index contributed by atoms with van der Waals surface area (Å²) in [4.78, 5) is 21.1. The lowest BCUT2D eigenvalue weighted by molar-refractivity contribution is -0.0392. The van der Waals surface area contributed by atoms with Crippen LogP contribution >= 0.6 is 11.6 Å². The van der Waals surface area contributed by atoms with Crippen LogP contribution in [0.5, 0.6) is 0 Å². The number of piperazine rings is 1. The molecule has 10 nitrogen and oxygen atoms in total. The van der Waals surface area contributed by atoms with E-state index in [-0.39, 0.29) is 22.7 Å². The zero-order chi connectivity index (χ0) is 46.0. The largest absolute Gasteiger partial charge is 0.467 e. The van der Waals surface area contributed by atoms with Crippen LogP contribution in [0.2, 0.25) is 5.02 Å². The van der Waals surface area contributed by atoms with E-state index in [1.165, 1.54) is 16.7 Å². The lowest BCUT2D eigenvalue weighted by Gasteiger charge is -2.45. The molecule has 1 amide bonds. The van der Waals surface area contributed by atoms with Gasteiger partial charge in [-0.05, 0) is 130 Å². The van der Waals surface area contributed by atoms with Crippen LogP contribution in [0.15, 0.2) is 82.1 Å². The monoisotopic (exact) mass is 933 g/mol. The van der Waals surface area contributed by atoms with E-state index < -0.39 is 46.3 Å². The zero-order valence-electron chi connectivity index (χ0n) is 37.4. The second-order valence-corrected chi connectivity index (χ2v) is 23.1. The number of morpholine rings is 1. The quantitative estimate of drug-likeness (QED) is 0.159. The van der Waals surface area contributed by atoms with Gasteiger partial charge < -0.3 is 14.5 Å². The fraction of sp³-hybridized carbons (Fsp3) is 0.532. The van der Waals surface area contributed by atoms with E-state index in [0.717, 1.165) is 94.0 Å². The van der Waals surface area contributed by atoms with Crippen LogP contribution in [0, 0.1) is 5.41 Å². The number of benzene rings is 3. The highest BCUT2D eigenvalue weighted by Crippen LogP contribution is 2.44. The highest BCUT2D eigenvalue weighted by molar-refractivity contribution is 8.01. The van der Waals surface area contributed by atoms with Gasteiger partial charge in [-0.2, -0.15) is 13.2 Å². The fourth-order valence-electron chi connectivity index (χ4n) is 9.10. The van der Waals surface area contributed by atoms with E-state index in [2.05, 4.69) is 51.3 Å². The number of alkyl halides is 3. The molecule has 1 N–H and O–H groups in total. The minimum absolute atomic E-state index is 0.0997. The Hall–Kier alpha value is -3.60. The molecule has 2 atom stereocenters. The summed E-state index contributed by atoms with van der Waals surface area (Å²) < 4.78 is 92.2. The fourth-order valence-corrected chi connectivity index (χ4v) is 11.2. The molecule has 0 saturated carbocycles. The molecule has 16 heteroatoms. The number of nitrogens with one attached hydrogen (secondary N) is 1. The number of ether oxygens (including phenoxy) is 1. The average Bonchev–Trinajstić information content (AvgIpc) is 3.22. The summed E-state index contributed by atoms with van der Waals surface area (Å²) in [5.74, 6) is 2.24. The third-order valence-electron chi connectivity index (χ3n) is 12.5. The van der Waals surface area contributed by atoms with Gasteiger partial charge in [-0.25, -0.2) is 13.1 Å². The number of amides is 1. The highest BCUT2D eigenvalue weighted by Gasteiger charge is 2.44. The van der Waals surface area contributed by atoms with Crippen LogP contribution in [0.1, 0.15) is 89.6 Å². The highest BCUT2D eigenvalue weighted by atomic mass is 35.5. The van der Waals surface area contributed by atoms with Gasteiger partial charge in [0.1, 0.15) is 0 Å². The van der Waals surface area contributed by atoms with E-state index >= 15 is 0 Å². The summed E-state index contributed by atoms with van der Waals surface area (Å²) in [5.41, 5.74) is -0.850. The average molecular weight is 935 g/mol. The van der Waals surface area contributed by atoms with Crippen molar-refractivity contribution < 1.29 is 35.3 Å². The lowest BCUT2D eigenvalue weighted by Crippen LogP contribution is -2.50. The maximum atomic E-state index is 14.4. The van der Waals surface area contributed by atoms with E-state index in [1.807, 2.05) is 39.8 Å². The molecule has 2 saturated heterocycles. The molecule has 1 unspecified atom stereocenters. The predicted octanol–water partition coefficient (Wildman–Crippen LogP) is 8.95. The van der Waals surface area contributed by atoms with Crippen molar-refractivity contribution in [2.45, 2.75) is 101 Å². The Morgan fingerprint density at radius 1 is 0.921 bits per heavy atom. The first kappa shape index (κ1) is 48.8. The van der Waals surface area contributed by atoms with Gasteiger partial charge in [0.05, 0.1) is 38.2 Å². The number of hydrogen-bond donors (Lipinski definition) is 1. The van der Waals surface area contributed by atoms with Crippen molar-refractivity contribution in [1.82, 2.24) is 14.5 Å². The Morgan fingerprint density at radius 3 is 2.14 bits per heavy atom. The molecule has 2 fully saturated rings. The molecule has 3 aliphatic rings. The van der Waals surface area contributed by atoms with Gasteiger partial charge in [-0.1, -0.05) is 50.1 Å². The molecule has 63 heavy (non-hydrogen) atoms. The Kier molecular flexibility index (Phi) is 15.1. The molecular formula is C47H63ClF3N5O5S2. The summed E-state index contributed by atoms with van der Waals surface area (Å²) >= 11 is 6.20. The predicted molar refractivity (Wildman–Crippen MR) is 250 cm³/mol. The first-order valence-electron chi connectivity index (χ1n) is 21.8.